The quantitative estimate of drug-likeness (QED) is 0.651. The Hall–Kier alpha value is -0.630. The summed E-state index contributed by atoms with van der Waals surface area (Å²) in [6.45, 7) is 0. The SMILES string of the molecule is Nc1ccccc1SCC1C2CC3CC(C2)CC1C3. The van der Waals surface area contributed by atoms with Crippen molar-refractivity contribution >= 4 is 17.4 Å². The molecule has 5 rings (SSSR count). The molecule has 0 atom stereocenters. The van der Waals surface area contributed by atoms with Crippen LogP contribution < -0.4 is 5.73 Å². The maximum Gasteiger partial charge on any atom is 0.0452 e. The van der Waals surface area contributed by atoms with Crippen molar-refractivity contribution in [2.75, 3.05) is 11.5 Å². The Labute approximate surface area is 120 Å². The summed E-state index contributed by atoms with van der Waals surface area (Å²) in [5, 5.41) is 0. The third kappa shape index (κ3) is 2.18. The van der Waals surface area contributed by atoms with Crippen molar-refractivity contribution in [1.29, 1.82) is 0 Å². The summed E-state index contributed by atoms with van der Waals surface area (Å²) in [5.41, 5.74) is 7.02. The van der Waals surface area contributed by atoms with E-state index in [9.17, 15) is 0 Å². The Bertz CT molecular complexity index is 442. The van der Waals surface area contributed by atoms with Gasteiger partial charge in [0.2, 0.25) is 0 Å². The number of rotatable bonds is 3. The van der Waals surface area contributed by atoms with Gasteiger partial charge in [0, 0.05) is 16.3 Å². The van der Waals surface area contributed by atoms with Gasteiger partial charge in [-0.25, -0.2) is 0 Å². The van der Waals surface area contributed by atoms with E-state index < -0.39 is 0 Å². The highest BCUT2D eigenvalue weighted by molar-refractivity contribution is 7.99. The Morgan fingerprint density at radius 3 is 2.21 bits per heavy atom. The van der Waals surface area contributed by atoms with Crippen LogP contribution in [0.1, 0.15) is 32.1 Å². The van der Waals surface area contributed by atoms with Crippen LogP contribution in [-0.4, -0.2) is 5.75 Å². The Balaban J connectivity index is 1.45. The molecule has 4 saturated carbocycles. The second-order valence-electron chi connectivity index (χ2n) is 6.94. The summed E-state index contributed by atoms with van der Waals surface area (Å²) in [6.07, 6.45) is 7.68. The normalized spacial score (nSPS) is 39.7. The third-order valence-electron chi connectivity index (χ3n) is 5.77. The lowest BCUT2D eigenvalue weighted by atomic mass is 9.52. The molecular weight excluding hydrogens is 250 g/mol. The third-order valence-corrected chi connectivity index (χ3v) is 7.01. The Kier molecular flexibility index (Phi) is 3.02. The molecule has 1 aromatic rings. The molecule has 102 valence electrons. The maximum atomic E-state index is 6.06. The second-order valence-corrected chi connectivity index (χ2v) is 8.01. The van der Waals surface area contributed by atoms with Crippen molar-refractivity contribution in [2.24, 2.45) is 29.6 Å². The van der Waals surface area contributed by atoms with Gasteiger partial charge >= 0.3 is 0 Å². The number of hydrogen-bond acceptors (Lipinski definition) is 2. The van der Waals surface area contributed by atoms with Crippen LogP contribution in [0.25, 0.3) is 0 Å². The molecule has 0 aromatic heterocycles. The zero-order chi connectivity index (χ0) is 12.8. The van der Waals surface area contributed by atoms with Gasteiger partial charge in [-0.05, 0) is 73.8 Å². The molecule has 1 nitrogen and oxygen atoms in total. The minimum absolute atomic E-state index is 0.955. The molecule has 4 bridgehead atoms. The van der Waals surface area contributed by atoms with Crippen molar-refractivity contribution < 1.29 is 0 Å². The second kappa shape index (κ2) is 4.73. The first kappa shape index (κ1) is 12.1. The summed E-state index contributed by atoms with van der Waals surface area (Å²) < 4.78 is 0. The van der Waals surface area contributed by atoms with Crippen molar-refractivity contribution in [1.82, 2.24) is 0 Å². The van der Waals surface area contributed by atoms with E-state index in [1.807, 2.05) is 23.9 Å². The molecule has 4 aliphatic carbocycles. The predicted octanol–water partition coefficient (Wildman–Crippen LogP) is 4.43. The summed E-state index contributed by atoms with van der Waals surface area (Å²) in [5.74, 6) is 6.51. The molecule has 0 radical (unpaired) electrons. The lowest BCUT2D eigenvalue weighted by molar-refractivity contribution is -0.0261. The van der Waals surface area contributed by atoms with Crippen molar-refractivity contribution in [2.45, 2.75) is 37.0 Å². The van der Waals surface area contributed by atoms with Crippen LogP contribution in [0.4, 0.5) is 5.69 Å². The van der Waals surface area contributed by atoms with E-state index in [2.05, 4.69) is 12.1 Å². The minimum atomic E-state index is 0.955. The first-order valence-corrected chi connectivity index (χ1v) is 8.75. The average molecular weight is 273 g/mol. The fraction of sp³-hybridized carbons (Fsp3) is 0.647. The van der Waals surface area contributed by atoms with Crippen LogP contribution in [-0.2, 0) is 0 Å². The zero-order valence-corrected chi connectivity index (χ0v) is 12.2. The molecule has 4 aliphatic rings. The molecule has 2 N–H and O–H groups in total. The molecule has 0 spiro atoms. The monoisotopic (exact) mass is 273 g/mol. The summed E-state index contributed by atoms with van der Waals surface area (Å²) in [6, 6.07) is 8.34. The van der Waals surface area contributed by atoms with Crippen LogP contribution in [0.5, 0.6) is 0 Å². The molecule has 0 amide bonds. The first-order valence-electron chi connectivity index (χ1n) is 7.77. The highest BCUT2D eigenvalue weighted by atomic mass is 32.2. The van der Waals surface area contributed by atoms with Crippen molar-refractivity contribution in [3.05, 3.63) is 24.3 Å². The van der Waals surface area contributed by atoms with E-state index in [0.717, 1.165) is 35.3 Å². The number of para-hydroxylation sites is 1. The topological polar surface area (TPSA) is 26.0 Å². The maximum absolute atomic E-state index is 6.06. The summed E-state index contributed by atoms with van der Waals surface area (Å²) in [7, 11) is 0. The molecule has 0 aliphatic heterocycles. The van der Waals surface area contributed by atoms with Crippen LogP contribution >= 0.6 is 11.8 Å². The summed E-state index contributed by atoms with van der Waals surface area (Å²) >= 11 is 2.00. The highest BCUT2D eigenvalue weighted by Crippen LogP contribution is 2.57. The number of nitrogens with two attached hydrogens (primary N) is 1. The molecule has 4 fully saturated rings. The van der Waals surface area contributed by atoms with Gasteiger partial charge in [-0.1, -0.05) is 12.1 Å². The van der Waals surface area contributed by atoms with Gasteiger partial charge in [0.1, 0.15) is 0 Å². The summed E-state index contributed by atoms with van der Waals surface area (Å²) in [4.78, 5) is 1.29. The Morgan fingerprint density at radius 2 is 1.58 bits per heavy atom. The van der Waals surface area contributed by atoms with E-state index in [1.165, 1.54) is 36.3 Å². The number of nitrogen functional groups attached to an aromatic ring is 1. The number of thioether (sulfide) groups is 1. The zero-order valence-electron chi connectivity index (χ0n) is 11.4. The molecule has 2 heteroatoms. The van der Waals surface area contributed by atoms with E-state index in [1.54, 1.807) is 6.42 Å². The van der Waals surface area contributed by atoms with Gasteiger partial charge in [0.05, 0.1) is 0 Å². The van der Waals surface area contributed by atoms with E-state index in [-0.39, 0.29) is 0 Å². The van der Waals surface area contributed by atoms with Gasteiger partial charge in [-0.3, -0.25) is 0 Å². The van der Waals surface area contributed by atoms with Gasteiger partial charge < -0.3 is 5.73 Å². The molecule has 19 heavy (non-hydrogen) atoms. The smallest absolute Gasteiger partial charge is 0.0452 e. The number of benzene rings is 1. The van der Waals surface area contributed by atoms with E-state index >= 15 is 0 Å². The van der Waals surface area contributed by atoms with Crippen LogP contribution in [0.2, 0.25) is 0 Å². The molecular formula is C17H23NS. The van der Waals surface area contributed by atoms with Gasteiger partial charge in [0.15, 0.2) is 0 Å². The van der Waals surface area contributed by atoms with E-state index in [4.69, 9.17) is 5.73 Å². The number of anilines is 1. The molecule has 0 unspecified atom stereocenters. The Morgan fingerprint density at radius 1 is 0.947 bits per heavy atom. The first-order chi connectivity index (χ1) is 9.29. The van der Waals surface area contributed by atoms with Crippen LogP contribution in [0.3, 0.4) is 0 Å². The van der Waals surface area contributed by atoms with Gasteiger partial charge in [-0.2, -0.15) is 0 Å². The fourth-order valence-electron chi connectivity index (χ4n) is 5.11. The van der Waals surface area contributed by atoms with Crippen molar-refractivity contribution in [3.8, 4) is 0 Å². The van der Waals surface area contributed by atoms with Crippen LogP contribution in [0, 0.1) is 29.6 Å². The average Bonchev–Trinajstić information content (AvgIpc) is 2.39. The van der Waals surface area contributed by atoms with Crippen LogP contribution in [0.15, 0.2) is 29.2 Å². The number of hydrogen-bond donors (Lipinski definition) is 1. The molecule has 0 saturated heterocycles. The largest absolute Gasteiger partial charge is 0.398 e. The molecule has 0 heterocycles. The lowest BCUT2D eigenvalue weighted by Gasteiger charge is -2.54. The van der Waals surface area contributed by atoms with Crippen molar-refractivity contribution in [3.63, 3.8) is 0 Å². The van der Waals surface area contributed by atoms with Gasteiger partial charge in [0.25, 0.3) is 0 Å². The minimum Gasteiger partial charge on any atom is -0.398 e. The molecule has 1 aromatic carbocycles. The predicted molar refractivity (Wildman–Crippen MR) is 82.1 cm³/mol. The van der Waals surface area contributed by atoms with Gasteiger partial charge in [-0.15, -0.1) is 11.8 Å². The fourth-order valence-corrected chi connectivity index (χ4v) is 6.43. The lowest BCUT2D eigenvalue weighted by Crippen LogP contribution is -2.45. The van der Waals surface area contributed by atoms with E-state index in [0.29, 0.717) is 0 Å². The standard InChI is InChI=1S/C17H23NS/c18-16-3-1-2-4-17(16)19-10-15-13-6-11-5-12(8-13)9-14(15)7-11/h1-4,11-15H,5-10,18H2. The highest BCUT2D eigenvalue weighted by Gasteiger charge is 2.47.